The van der Waals surface area contributed by atoms with Crippen molar-refractivity contribution in [2.24, 2.45) is 28.7 Å². The molecular formula is C45H63N13O13S2. The van der Waals surface area contributed by atoms with Gasteiger partial charge in [0.2, 0.25) is 70.9 Å². The van der Waals surface area contributed by atoms with Gasteiger partial charge in [-0.25, -0.2) is 0 Å². The van der Waals surface area contributed by atoms with E-state index in [1.165, 1.54) is 24.3 Å². The largest absolute Gasteiger partial charge is 0.508 e. The van der Waals surface area contributed by atoms with Crippen LogP contribution in [0.25, 0.3) is 0 Å². The van der Waals surface area contributed by atoms with Crippen molar-refractivity contribution in [2.45, 2.75) is 106 Å². The molecule has 18 N–H and O–H groups in total. The fourth-order valence-electron chi connectivity index (χ4n) is 7.36. The van der Waals surface area contributed by atoms with Crippen LogP contribution in [0.1, 0.15) is 56.1 Å². The number of phenolic OH excluding ortho intramolecular Hbond substituents is 1. The van der Waals surface area contributed by atoms with Gasteiger partial charge in [0.25, 0.3) is 0 Å². The van der Waals surface area contributed by atoms with E-state index in [2.05, 4.69) is 62.5 Å². The van der Waals surface area contributed by atoms with Crippen molar-refractivity contribution in [3.63, 3.8) is 0 Å². The predicted octanol–water partition coefficient (Wildman–Crippen LogP) is -5.73. The average Bonchev–Trinajstić information content (AvgIpc) is 3.85. The van der Waals surface area contributed by atoms with Gasteiger partial charge in [-0.15, -0.1) is 0 Å². The first-order valence-corrected chi connectivity index (χ1v) is 24.1. The van der Waals surface area contributed by atoms with Crippen molar-refractivity contribution in [3.05, 3.63) is 65.7 Å². The first kappa shape index (κ1) is 59.8. The number of carbonyl (C=O) groups is 12. The molecule has 0 radical (unpaired) electrons. The van der Waals surface area contributed by atoms with E-state index in [4.69, 9.17) is 28.7 Å². The Kier molecular flexibility index (Phi) is 24.4. The van der Waals surface area contributed by atoms with E-state index in [1.54, 1.807) is 30.3 Å². The summed E-state index contributed by atoms with van der Waals surface area (Å²) in [5.41, 5.74) is 28.1. The molecule has 1 fully saturated rings. The fourth-order valence-corrected chi connectivity index (χ4v) is 7.78. The van der Waals surface area contributed by atoms with Gasteiger partial charge >= 0.3 is 0 Å². The molecule has 0 unspecified atom stereocenters. The summed E-state index contributed by atoms with van der Waals surface area (Å²) in [5, 5.41) is 26.9. The zero-order valence-electron chi connectivity index (χ0n) is 39.6. The SMILES string of the molecule is NC(=O)CC[C@H](NC(=O)[C@H](Cc1ccccc1)NC(=O)[C@H](Cc1ccc(O)cc1)NC(=O)[C@@H](N)CS)C(=O)N[C@@H](CC(N)=O)C(=O)N[C@@H](CS)C(=O)N1CCC[C@H]1C(=O)N[C@@H](CCC(N)=O)C(=O)NCC(N)=O. The molecule has 73 heavy (non-hydrogen) atoms. The molecule has 1 aliphatic heterocycles. The second-order valence-corrected chi connectivity index (χ2v) is 17.7. The molecule has 1 aliphatic rings. The Hall–Kier alpha value is -7.46. The smallest absolute Gasteiger partial charge is 0.246 e. The molecule has 1 saturated heterocycles. The first-order chi connectivity index (χ1) is 34.5. The van der Waals surface area contributed by atoms with E-state index in [0.29, 0.717) is 17.5 Å². The molecule has 12 amide bonds. The third kappa shape index (κ3) is 20.3. The van der Waals surface area contributed by atoms with Crippen LogP contribution in [0.15, 0.2) is 54.6 Å². The van der Waals surface area contributed by atoms with Crippen molar-refractivity contribution in [1.29, 1.82) is 0 Å². The number of primary amides is 4. The minimum atomic E-state index is -1.82. The van der Waals surface area contributed by atoms with Gasteiger partial charge in [0.05, 0.1) is 19.0 Å². The highest BCUT2D eigenvalue weighted by Gasteiger charge is 2.40. The average molecular weight is 1060 g/mol. The molecule has 0 aliphatic carbocycles. The number of nitrogens with one attached hydrogen (secondary N) is 7. The Bertz CT molecular complexity index is 2330. The van der Waals surface area contributed by atoms with Crippen LogP contribution in [0, 0.1) is 0 Å². The minimum Gasteiger partial charge on any atom is -0.508 e. The molecule has 3 rings (SSSR count). The lowest BCUT2D eigenvalue weighted by atomic mass is 10.0. The fraction of sp³-hybridized carbons (Fsp3) is 0.467. The lowest BCUT2D eigenvalue weighted by Crippen LogP contribution is -2.61. The number of likely N-dealkylation sites (tertiary alicyclic amines) is 1. The number of benzene rings is 2. The molecular weight excluding hydrogens is 995 g/mol. The molecule has 0 aromatic heterocycles. The number of thiol groups is 2. The van der Waals surface area contributed by atoms with Gasteiger partial charge in [0.15, 0.2) is 0 Å². The van der Waals surface area contributed by atoms with Crippen LogP contribution in [-0.4, -0.2) is 154 Å². The van der Waals surface area contributed by atoms with Crippen LogP contribution in [0.2, 0.25) is 0 Å². The molecule has 0 saturated carbocycles. The summed E-state index contributed by atoms with van der Waals surface area (Å²) in [6, 6.07) is 2.65. The summed E-state index contributed by atoms with van der Waals surface area (Å²) >= 11 is 8.27. The Morgan fingerprint density at radius 3 is 1.56 bits per heavy atom. The van der Waals surface area contributed by atoms with Crippen LogP contribution in [-0.2, 0) is 70.4 Å². The maximum Gasteiger partial charge on any atom is 0.246 e. The lowest BCUT2D eigenvalue weighted by molar-refractivity contribution is -0.142. The molecule has 398 valence electrons. The van der Waals surface area contributed by atoms with E-state index in [0.717, 1.165) is 4.90 Å². The molecule has 2 aromatic carbocycles. The van der Waals surface area contributed by atoms with Gasteiger partial charge in [-0.1, -0.05) is 42.5 Å². The highest BCUT2D eigenvalue weighted by Crippen LogP contribution is 2.20. The van der Waals surface area contributed by atoms with Gasteiger partial charge in [0.1, 0.15) is 48.0 Å². The van der Waals surface area contributed by atoms with Crippen molar-refractivity contribution in [3.8, 4) is 5.75 Å². The zero-order chi connectivity index (χ0) is 54.4. The maximum absolute atomic E-state index is 14.2. The summed E-state index contributed by atoms with van der Waals surface area (Å²) in [6.07, 6.45) is -2.28. The highest BCUT2D eigenvalue weighted by molar-refractivity contribution is 7.80. The molecule has 28 heteroatoms. The van der Waals surface area contributed by atoms with Crippen molar-refractivity contribution in [2.75, 3.05) is 24.6 Å². The number of aromatic hydroxyl groups is 1. The number of rotatable bonds is 30. The summed E-state index contributed by atoms with van der Waals surface area (Å²) in [7, 11) is 0. The van der Waals surface area contributed by atoms with Crippen LogP contribution in [0.5, 0.6) is 5.75 Å². The van der Waals surface area contributed by atoms with Crippen LogP contribution >= 0.6 is 25.3 Å². The summed E-state index contributed by atoms with van der Waals surface area (Å²) < 4.78 is 0. The van der Waals surface area contributed by atoms with E-state index in [9.17, 15) is 62.6 Å². The van der Waals surface area contributed by atoms with E-state index >= 15 is 0 Å². The van der Waals surface area contributed by atoms with Gasteiger partial charge in [-0.05, 0) is 48.9 Å². The number of phenols is 1. The summed E-state index contributed by atoms with van der Waals surface area (Å²) in [4.78, 5) is 158. The van der Waals surface area contributed by atoms with Gasteiger partial charge in [-0.2, -0.15) is 25.3 Å². The predicted molar refractivity (Wildman–Crippen MR) is 267 cm³/mol. The Balaban J connectivity index is 1.87. The van der Waals surface area contributed by atoms with Crippen LogP contribution in [0.4, 0.5) is 0 Å². The van der Waals surface area contributed by atoms with Crippen LogP contribution < -0.4 is 65.9 Å². The summed E-state index contributed by atoms with van der Waals surface area (Å²) in [6.45, 7) is -0.570. The Morgan fingerprint density at radius 1 is 0.562 bits per heavy atom. The second kappa shape index (κ2) is 29.8. The first-order valence-electron chi connectivity index (χ1n) is 22.9. The Morgan fingerprint density at radius 2 is 1.04 bits per heavy atom. The van der Waals surface area contributed by atoms with Crippen molar-refractivity contribution in [1.82, 2.24) is 42.1 Å². The van der Waals surface area contributed by atoms with Gasteiger partial charge in [0, 0.05) is 43.7 Å². The second-order valence-electron chi connectivity index (χ2n) is 17.0. The molecule has 8 atom stereocenters. The molecule has 0 bridgehead atoms. The van der Waals surface area contributed by atoms with E-state index in [1.807, 2.05) is 0 Å². The zero-order valence-corrected chi connectivity index (χ0v) is 41.4. The molecule has 0 spiro atoms. The minimum absolute atomic E-state index is 0.00322. The number of nitrogens with zero attached hydrogens (tertiary/aromatic N) is 1. The Labute approximate surface area is 430 Å². The van der Waals surface area contributed by atoms with Crippen molar-refractivity contribution < 1.29 is 62.6 Å². The van der Waals surface area contributed by atoms with E-state index in [-0.39, 0.29) is 55.9 Å². The number of nitrogens with two attached hydrogens (primary N) is 5. The number of hydrogen-bond donors (Lipinski definition) is 15. The molecule has 1 heterocycles. The van der Waals surface area contributed by atoms with Gasteiger partial charge in [-0.3, -0.25) is 57.5 Å². The number of carbonyl (C=O) groups excluding carboxylic acids is 12. The normalized spacial score (nSPS) is 15.8. The topological polar surface area (TPSA) is 443 Å². The number of amides is 12. The molecule has 26 nitrogen and oxygen atoms in total. The third-order valence-corrected chi connectivity index (χ3v) is 12.0. The summed E-state index contributed by atoms with van der Waals surface area (Å²) in [5.74, 6) is -11.5. The van der Waals surface area contributed by atoms with E-state index < -0.39 is 145 Å². The quantitative estimate of drug-likeness (QED) is 0.0325. The molecule has 2 aromatic rings. The maximum atomic E-state index is 14.2. The van der Waals surface area contributed by atoms with Crippen LogP contribution in [0.3, 0.4) is 0 Å². The monoisotopic (exact) mass is 1060 g/mol. The van der Waals surface area contributed by atoms with Gasteiger partial charge < -0.3 is 75.9 Å². The van der Waals surface area contributed by atoms with Crippen molar-refractivity contribution >= 4 is 96.1 Å². The number of hydrogen-bond acceptors (Lipinski definition) is 16. The standard InChI is InChI=1S/C45H63N13O13S2/c46-26(21-72)38(64)54-29(18-24-8-10-25(59)11-9-24)42(68)55-30(17-23-5-2-1-3-6-23)41(67)52-28(13-15-35(48)61)40(66)56-31(19-36(49)62)43(69)57-32(22-73)45(71)58-16-4-7-33(58)44(70)53-27(12-14-34(47)60)39(65)51-20-37(50)63/h1-3,5-6,8-11,26-33,59,72-73H,4,7,12-22,46H2,(H2,47,60)(H2,48,61)(H2,49,62)(H2,50,63)(H,51,65)(H,52,67)(H,53,70)(H,54,64)(H,55,68)(H,56,66)(H,57,69)/t26-,27-,28-,29-,30-,31-,32-,33-/m0/s1. The third-order valence-electron chi connectivity index (χ3n) is 11.2. The highest BCUT2D eigenvalue weighted by atomic mass is 32.1. The lowest BCUT2D eigenvalue weighted by Gasteiger charge is -2.30.